The molecule has 0 fully saturated rings. The highest BCUT2D eigenvalue weighted by atomic mass is 16.3. The van der Waals surface area contributed by atoms with Crippen molar-refractivity contribution in [3.63, 3.8) is 0 Å². The average molecular weight is 1270 g/mol. The number of para-hydroxylation sites is 2. The molecule has 3 aliphatic carbocycles. The van der Waals surface area contributed by atoms with Gasteiger partial charge in [-0.15, -0.1) is 0 Å². The molecule has 0 bridgehead atoms. The first-order valence-electron chi connectivity index (χ1n) is 34.4. The zero-order chi connectivity index (χ0) is 65.9. The molecule has 14 aromatic carbocycles. The van der Waals surface area contributed by atoms with Crippen LogP contribution < -0.4 is 9.80 Å². The van der Waals surface area contributed by atoms with Gasteiger partial charge < -0.3 is 27.5 Å². The number of rotatable bonds is 8. The van der Waals surface area contributed by atoms with Crippen molar-refractivity contribution in [2.24, 2.45) is 0 Å². The molecule has 0 radical (unpaired) electrons. The quantitative estimate of drug-likeness (QED) is 0.151. The van der Waals surface area contributed by atoms with Crippen LogP contribution in [0.3, 0.4) is 0 Å². The van der Waals surface area contributed by atoms with E-state index < -0.39 is 0 Å². The van der Waals surface area contributed by atoms with Crippen molar-refractivity contribution in [3.05, 3.63) is 312 Å². The molecule has 0 saturated heterocycles. The fourth-order valence-electron chi connectivity index (χ4n) is 17.3. The van der Waals surface area contributed by atoms with Gasteiger partial charge in [0.2, 0.25) is 0 Å². The van der Waals surface area contributed by atoms with Crippen molar-refractivity contribution in [2.45, 2.75) is 57.8 Å². The van der Waals surface area contributed by atoms with Gasteiger partial charge in [-0.2, -0.15) is 0 Å². The summed E-state index contributed by atoms with van der Waals surface area (Å²) in [5.41, 5.74) is 27.9. The Morgan fingerprint density at radius 1 is 0.212 bits per heavy atom. The molecule has 0 amide bonds. The van der Waals surface area contributed by atoms with Crippen molar-refractivity contribution >= 4 is 121 Å². The number of anilines is 6. The fourth-order valence-corrected chi connectivity index (χ4v) is 17.3. The number of benzene rings is 14. The van der Waals surface area contributed by atoms with E-state index in [0.29, 0.717) is 0 Å². The van der Waals surface area contributed by atoms with Crippen LogP contribution in [0.2, 0.25) is 0 Å². The van der Waals surface area contributed by atoms with Gasteiger partial charge in [0.05, 0.1) is 0 Å². The van der Waals surface area contributed by atoms with Crippen LogP contribution in [0.25, 0.3) is 143 Å². The number of nitrogens with zero attached hydrogens (tertiary/aromatic N) is 2. The van der Waals surface area contributed by atoms with E-state index in [9.17, 15) is 0 Å². The number of hydrogen-bond acceptors (Lipinski definition) is 6. The van der Waals surface area contributed by atoms with Crippen molar-refractivity contribution in [1.82, 2.24) is 0 Å². The second-order valence-corrected chi connectivity index (χ2v) is 29.2. The van der Waals surface area contributed by atoms with E-state index in [1.165, 1.54) is 77.2 Å². The van der Waals surface area contributed by atoms with E-state index in [1.54, 1.807) is 0 Å². The third kappa shape index (κ3) is 8.17. The van der Waals surface area contributed by atoms with E-state index in [-0.39, 0.29) is 16.2 Å². The van der Waals surface area contributed by atoms with E-state index in [2.05, 4.69) is 306 Å². The summed E-state index contributed by atoms with van der Waals surface area (Å²) in [6.45, 7) is 14.2. The molecule has 4 aromatic heterocycles. The van der Waals surface area contributed by atoms with Gasteiger partial charge in [0, 0.05) is 106 Å². The second-order valence-electron chi connectivity index (χ2n) is 29.2. The van der Waals surface area contributed by atoms with Crippen molar-refractivity contribution in [2.75, 3.05) is 9.80 Å². The summed E-state index contributed by atoms with van der Waals surface area (Å²) in [5, 5.41) is 11.6. The SMILES string of the molecule is CC1(C)c2cc(N(c3ccc(-c4cc5ccccc5o4)cc3)c3ccc4c(c3)oc3cc5c(cc34)C(C)(C)c3cc4c(cc3-5)oc3cc(N(c5ccc(-c6cc7ccccc7o6)cc5)c5ccc6c(c5)C(C)(C)c5cc7ccccc7cc5-6)ccc34)ccc2-c2cc3ccccc3cc21. The second kappa shape index (κ2) is 20.0. The Balaban J connectivity index is 0.658. The Hall–Kier alpha value is -12.1. The first-order valence-corrected chi connectivity index (χ1v) is 34.4. The largest absolute Gasteiger partial charge is 0.456 e. The Labute approximate surface area is 571 Å². The third-order valence-corrected chi connectivity index (χ3v) is 22.6. The molecule has 6 nitrogen and oxygen atoms in total. The van der Waals surface area contributed by atoms with Gasteiger partial charge in [0.15, 0.2) is 0 Å². The van der Waals surface area contributed by atoms with Gasteiger partial charge in [0.1, 0.15) is 45.0 Å². The summed E-state index contributed by atoms with van der Waals surface area (Å²) in [6.07, 6.45) is 0. The molecule has 0 unspecified atom stereocenters. The molecular formula is C93H64N2O4. The van der Waals surface area contributed by atoms with Crippen LogP contribution in [-0.4, -0.2) is 0 Å². The molecule has 3 aliphatic rings. The molecule has 470 valence electrons. The predicted molar refractivity (Wildman–Crippen MR) is 408 cm³/mol. The van der Waals surface area contributed by atoms with Crippen LogP contribution in [0.15, 0.2) is 297 Å². The smallest absolute Gasteiger partial charge is 0.137 e. The predicted octanol–water partition coefficient (Wildman–Crippen LogP) is 26.5. The fraction of sp³-hybridized carbons (Fsp3) is 0.0968. The van der Waals surface area contributed by atoms with Gasteiger partial charge in [-0.25, -0.2) is 0 Å². The minimum absolute atomic E-state index is 0.224. The summed E-state index contributed by atoms with van der Waals surface area (Å²) >= 11 is 0. The molecule has 0 N–H and O–H groups in total. The van der Waals surface area contributed by atoms with Gasteiger partial charge in [-0.1, -0.05) is 139 Å². The highest BCUT2D eigenvalue weighted by Gasteiger charge is 2.40. The normalized spacial score (nSPS) is 14.4. The lowest BCUT2D eigenvalue weighted by Crippen LogP contribution is -2.16. The maximum absolute atomic E-state index is 7.10. The van der Waals surface area contributed by atoms with E-state index in [0.717, 1.165) is 134 Å². The maximum atomic E-state index is 7.10. The van der Waals surface area contributed by atoms with E-state index >= 15 is 0 Å². The zero-order valence-electron chi connectivity index (χ0n) is 55.6. The van der Waals surface area contributed by atoms with Crippen LogP contribution in [0, 0.1) is 0 Å². The monoisotopic (exact) mass is 1270 g/mol. The van der Waals surface area contributed by atoms with Crippen molar-refractivity contribution in [1.29, 1.82) is 0 Å². The highest BCUT2D eigenvalue weighted by Crippen LogP contribution is 2.57. The zero-order valence-corrected chi connectivity index (χ0v) is 55.6. The maximum Gasteiger partial charge on any atom is 0.137 e. The standard InChI is InChI=1S/C93H64N2O4/c1-91(2)77-41-57-17-9-7-15-55(57)39-71(77)67-35-31-63(45-79(67)91)94(61-27-23-53(24-28-61)85-43-59-19-11-13-21-83(59)96-85)65-33-37-69-75-49-81-73(51-89(75)98-87(69)47-65)74-52-90-76(50-82(74)93(81,5)6)70-38-34-66(48-88(70)99-90)95(62-29-25-54(26-30-62)86-44-60-20-12-14-22-84(60)97-86)64-32-36-68-72-40-56-16-8-10-18-58(56)42-78(72)92(3,4)80(68)46-64/h7-52H,1-6H3. The lowest BCUT2D eigenvalue weighted by Gasteiger charge is -2.28. The Morgan fingerprint density at radius 3 is 0.929 bits per heavy atom. The van der Waals surface area contributed by atoms with Crippen molar-refractivity contribution < 1.29 is 17.7 Å². The summed E-state index contributed by atoms with van der Waals surface area (Å²) in [6, 6.07) is 102. The minimum Gasteiger partial charge on any atom is -0.456 e. The molecule has 0 atom stereocenters. The molecule has 99 heavy (non-hydrogen) atoms. The summed E-state index contributed by atoms with van der Waals surface area (Å²) in [4.78, 5) is 4.75. The van der Waals surface area contributed by atoms with Crippen LogP contribution in [-0.2, 0) is 16.2 Å². The summed E-state index contributed by atoms with van der Waals surface area (Å²) < 4.78 is 26.9. The van der Waals surface area contributed by atoms with Gasteiger partial charge in [-0.3, -0.25) is 0 Å². The molecule has 0 spiro atoms. The molecular weight excluding hydrogens is 1210 g/mol. The van der Waals surface area contributed by atoms with Gasteiger partial charge >= 0.3 is 0 Å². The first kappa shape index (κ1) is 56.1. The average Bonchev–Trinajstić information content (AvgIpc) is 1.57. The minimum atomic E-state index is -0.321. The first-order chi connectivity index (χ1) is 48.2. The molecule has 6 heteroatoms. The lowest BCUT2D eigenvalue weighted by atomic mass is 9.81. The van der Waals surface area contributed by atoms with Gasteiger partial charge in [-0.05, 0) is 258 Å². The lowest BCUT2D eigenvalue weighted by molar-refractivity contribution is 0.631. The molecule has 4 heterocycles. The number of furan rings is 4. The third-order valence-electron chi connectivity index (χ3n) is 22.6. The van der Waals surface area contributed by atoms with E-state index in [1.807, 2.05) is 24.3 Å². The topological polar surface area (TPSA) is 59.0 Å². The Morgan fingerprint density at radius 2 is 0.525 bits per heavy atom. The van der Waals surface area contributed by atoms with Crippen LogP contribution in [0.1, 0.15) is 74.9 Å². The van der Waals surface area contributed by atoms with Crippen molar-refractivity contribution in [3.8, 4) is 56.0 Å². The molecule has 18 aromatic rings. The van der Waals surface area contributed by atoms with Crippen LogP contribution in [0.5, 0.6) is 0 Å². The Bertz CT molecular complexity index is 6060. The number of hydrogen-bond donors (Lipinski definition) is 0. The van der Waals surface area contributed by atoms with Crippen LogP contribution >= 0.6 is 0 Å². The van der Waals surface area contributed by atoms with E-state index in [4.69, 9.17) is 17.7 Å². The summed E-state index contributed by atoms with van der Waals surface area (Å²) in [7, 11) is 0. The highest BCUT2D eigenvalue weighted by molar-refractivity contribution is 6.12. The number of fused-ring (bicyclic) bond motifs is 19. The molecule has 21 rings (SSSR count). The summed E-state index contributed by atoms with van der Waals surface area (Å²) in [5.74, 6) is 1.68. The Kier molecular flexibility index (Phi) is 11.3. The van der Waals surface area contributed by atoms with Crippen LogP contribution in [0.4, 0.5) is 34.1 Å². The van der Waals surface area contributed by atoms with Gasteiger partial charge in [0.25, 0.3) is 0 Å². The molecule has 0 saturated carbocycles. The molecule has 0 aliphatic heterocycles.